The van der Waals surface area contributed by atoms with Gasteiger partial charge in [0.05, 0.1) is 17.5 Å². The zero-order valence-corrected chi connectivity index (χ0v) is 21.2. The number of anilines is 1. The van der Waals surface area contributed by atoms with Crippen molar-refractivity contribution in [1.82, 2.24) is 14.8 Å². The van der Waals surface area contributed by atoms with Crippen LogP contribution in [-0.4, -0.2) is 61.8 Å². The molecule has 1 amide bonds. The van der Waals surface area contributed by atoms with Crippen LogP contribution in [0.25, 0.3) is 15.9 Å². The number of thiophene rings is 1. The predicted molar refractivity (Wildman–Crippen MR) is 144 cm³/mol. The molecule has 0 spiro atoms. The molecular weight excluding hydrogens is 456 g/mol. The number of piperazine rings is 1. The fourth-order valence-electron chi connectivity index (χ4n) is 4.77. The van der Waals surface area contributed by atoms with E-state index in [9.17, 15) is 4.79 Å². The van der Waals surface area contributed by atoms with Crippen LogP contribution in [0.1, 0.15) is 21.8 Å². The maximum absolute atomic E-state index is 12.7. The molecule has 1 aliphatic heterocycles. The number of carbonyl (C=O) groups excluding carboxylic acids is 1. The number of nitrogens with zero attached hydrogens (tertiary/aromatic N) is 3. The first-order chi connectivity index (χ1) is 17.1. The maximum atomic E-state index is 12.7. The number of aromatic nitrogens is 1. The number of para-hydroxylation sites is 1. The van der Waals surface area contributed by atoms with Gasteiger partial charge >= 0.3 is 0 Å². The van der Waals surface area contributed by atoms with Gasteiger partial charge in [-0.15, -0.1) is 11.3 Å². The van der Waals surface area contributed by atoms with Crippen LogP contribution in [0.2, 0.25) is 0 Å². The van der Waals surface area contributed by atoms with Crippen LogP contribution in [-0.2, 0) is 0 Å². The fourth-order valence-corrected chi connectivity index (χ4v) is 5.77. The summed E-state index contributed by atoms with van der Waals surface area (Å²) in [5.41, 5.74) is 3.59. The zero-order valence-electron chi connectivity index (χ0n) is 20.4. The number of hydrogen-bond acceptors (Lipinski definition) is 5. The first-order valence-electron chi connectivity index (χ1n) is 12.2. The lowest BCUT2D eigenvalue weighted by atomic mass is 10.2. The molecule has 1 aliphatic rings. The Labute approximate surface area is 210 Å². The molecule has 6 nitrogen and oxygen atoms in total. The highest BCUT2D eigenvalue weighted by Gasteiger charge is 2.17. The molecule has 3 heterocycles. The van der Waals surface area contributed by atoms with E-state index in [1.165, 1.54) is 22.3 Å². The van der Waals surface area contributed by atoms with E-state index in [4.69, 9.17) is 4.74 Å². The van der Waals surface area contributed by atoms with Crippen molar-refractivity contribution in [2.45, 2.75) is 13.3 Å². The van der Waals surface area contributed by atoms with E-state index in [1.807, 2.05) is 24.3 Å². The van der Waals surface area contributed by atoms with E-state index in [2.05, 4.69) is 69.1 Å². The number of fused-ring (bicyclic) bond motifs is 1. The van der Waals surface area contributed by atoms with Gasteiger partial charge in [0.25, 0.3) is 5.91 Å². The number of amides is 1. The normalized spacial score (nSPS) is 14.4. The molecule has 35 heavy (non-hydrogen) atoms. The molecule has 0 bridgehead atoms. The summed E-state index contributed by atoms with van der Waals surface area (Å²) in [6.45, 7) is 7.92. The maximum Gasteiger partial charge on any atom is 0.261 e. The van der Waals surface area contributed by atoms with Crippen LogP contribution >= 0.6 is 11.3 Å². The first kappa shape index (κ1) is 23.5. The Balaban J connectivity index is 1.07. The Morgan fingerprint density at radius 2 is 1.77 bits per heavy atom. The van der Waals surface area contributed by atoms with E-state index in [-0.39, 0.29) is 5.91 Å². The van der Waals surface area contributed by atoms with E-state index < -0.39 is 0 Å². The van der Waals surface area contributed by atoms with Gasteiger partial charge in [0.1, 0.15) is 10.8 Å². The van der Waals surface area contributed by atoms with Gasteiger partial charge in [-0.05, 0) is 68.4 Å². The molecule has 0 unspecified atom stereocenters. The third-order valence-electron chi connectivity index (χ3n) is 6.68. The number of nitrogens with one attached hydrogen (secondary N) is 1. The minimum atomic E-state index is 0.0136. The van der Waals surface area contributed by atoms with Crippen LogP contribution in [0.3, 0.4) is 0 Å². The van der Waals surface area contributed by atoms with Crippen LogP contribution < -0.4 is 15.0 Å². The van der Waals surface area contributed by atoms with Crippen LogP contribution in [0.5, 0.6) is 5.75 Å². The number of carbonyl (C=O) groups is 1. The van der Waals surface area contributed by atoms with E-state index in [1.54, 1.807) is 18.4 Å². The number of rotatable bonds is 8. The first-order valence-corrected chi connectivity index (χ1v) is 13.0. The van der Waals surface area contributed by atoms with Crippen molar-refractivity contribution in [2.24, 2.45) is 0 Å². The summed E-state index contributed by atoms with van der Waals surface area (Å²) in [7, 11) is 1.69. The summed E-state index contributed by atoms with van der Waals surface area (Å²) < 4.78 is 7.48. The van der Waals surface area contributed by atoms with Crippen LogP contribution in [0.15, 0.2) is 66.7 Å². The molecule has 182 valence electrons. The van der Waals surface area contributed by atoms with Gasteiger partial charge < -0.3 is 19.5 Å². The molecule has 1 fully saturated rings. The monoisotopic (exact) mass is 488 g/mol. The highest BCUT2D eigenvalue weighted by molar-refractivity contribution is 7.16. The molecule has 7 heteroatoms. The van der Waals surface area contributed by atoms with Crippen molar-refractivity contribution in [3.05, 3.63) is 77.3 Å². The van der Waals surface area contributed by atoms with Crippen molar-refractivity contribution in [3.8, 4) is 10.8 Å². The standard InChI is InChI=1S/C28H32N4O2S/c1-21-20-22-6-3-4-7-25(22)32(21)27-13-12-26(35-27)28(33)29-14-5-15-30-16-18-31(19-17-30)23-8-10-24(34-2)11-9-23/h3-4,6-13,20H,5,14-19H2,1-2H3,(H,29,33). The van der Waals surface area contributed by atoms with Crippen molar-refractivity contribution in [3.63, 3.8) is 0 Å². The molecule has 4 aromatic rings. The molecule has 0 saturated carbocycles. The second-order valence-electron chi connectivity index (χ2n) is 8.95. The van der Waals surface area contributed by atoms with Gasteiger partial charge in [0.15, 0.2) is 0 Å². The van der Waals surface area contributed by atoms with Gasteiger partial charge in [0.2, 0.25) is 0 Å². The lowest BCUT2D eigenvalue weighted by molar-refractivity contribution is 0.0955. The molecule has 1 N–H and O–H groups in total. The number of benzene rings is 2. The SMILES string of the molecule is COc1ccc(N2CCN(CCCNC(=O)c3ccc(-n4c(C)cc5ccccc54)s3)CC2)cc1. The highest BCUT2D eigenvalue weighted by atomic mass is 32.1. The van der Waals surface area contributed by atoms with Gasteiger partial charge in [-0.1, -0.05) is 18.2 Å². The summed E-state index contributed by atoms with van der Waals surface area (Å²) >= 11 is 1.54. The Kier molecular flexibility index (Phi) is 7.06. The van der Waals surface area contributed by atoms with Crippen molar-refractivity contribution in [1.29, 1.82) is 0 Å². The Hall–Kier alpha value is -3.29. The Morgan fingerprint density at radius 3 is 2.54 bits per heavy atom. The van der Waals surface area contributed by atoms with Gasteiger partial charge in [-0.25, -0.2) is 0 Å². The van der Waals surface area contributed by atoms with Crippen LogP contribution in [0, 0.1) is 6.92 Å². The lowest BCUT2D eigenvalue weighted by Crippen LogP contribution is -2.47. The number of ether oxygens (including phenoxy) is 1. The van der Waals surface area contributed by atoms with Crippen LogP contribution in [0.4, 0.5) is 5.69 Å². The third kappa shape index (κ3) is 5.21. The van der Waals surface area contributed by atoms with Crippen molar-refractivity contribution < 1.29 is 9.53 Å². The molecule has 2 aromatic carbocycles. The average Bonchev–Trinajstić information content (AvgIpc) is 3.50. The summed E-state index contributed by atoms with van der Waals surface area (Å²) in [5, 5.41) is 5.40. The molecule has 0 aliphatic carbocycles. The predicted octanol–water partition coefficient (Wildman–Crippen LogP) is 4.95. The summed E-state index contributed by atoms with van der Waals surface area (Å²) in [6, 6.07) is 22.8. The second kappa shape index (κ2) is 10.5. The summed E-state index contributed by atoms with van der Waals surface area (Å²) in [4.78, 5) is 18.4. The second-order valence-corrected chi connectivity index (χ2v) is 10.0. The molecule has 2 aromatic heterocycles. The zero-order chi connectivity index (χ0) is 24.2. The van der Waals surface area contributed by atoms with Crippen molar-refractivity contribution in [2.75, 3.05) is 51.3 Å². The number of hydrogen-bond donors (Lipinski definition) is 1. The minimum Gasteiger partial charge on any atom is -0.497 e. The van der Waals surface area contributed by atoms with Crippen molar-refractivity contribution >= 4 is 33.8 Å². The van der Waals surface area contributed by atoms with Gasteiger partial charge in [-0.2, -0.15) is 0 Å². The summed E-state index contributed by atoms with van der Waals surface area (Å²) in [6.07, 6.45) is 0.952. The highest BCUT2D eigenvalue weighted by Crippen LogP contribution is 2.28. The Morgan fingerprint density at radius 1 is 1.00 bits per heavy atom. The Bertz CT molecular complexity index is 1290. The molecule has 0 radical (unpaired) electrons. The van der Waals surface area contributed by atoms with E-state index in [0.29, 0.717) is 6.54 Å². The fraction of sp³-hybridized carbons (Fsp3) is 0.321. The minimum absolute atomic E-state index is 0.0136. The third-order valence-corrected chi connectivity index (χ3v) is 7.75. The summed E-state index contributed by atoms with van der Waals surface area (Å²) in [5.74, 6) is 0.904. The molecular formula is C28H32N4O2S. The number of aryl methyl sites for hydroxylation is 1. The smallest absolute Gasteiger partial charge is 0.261 e. The van der Waals surface area contributed by atoms with Gasteiger partial charge in [-0.3, -0.25) is 9.69 Å². The number of methoxy groups -OCH3 is 1. The lowest BCUT2D eigenvalue weighted by Gasteiger charge is -2.36. The van der Waals surface area contributed by atoms with Gasteiger partial charge in [0, 0.05) is 49.5 Å². The average molecular weight is 489 g/mol. The molecule has 1 saturated heterocycles. The largest absolute Gasteiger partial charge is 0.497 e. The topological polar surface area (TPSA) is 49.7 Å². The van der Waals surface area contributed by atoms with E-state index in [0.717, 1.165) is 54.8 Å². The molecule has 0 atom stereocenters. The molecule has 5 rings (SSSR count). The van der Waals surface area contributed by atoms with E-state index >= 15 is 0 Å². The quantitative estimate of drug-likeness (QED) is 0.357.